The molecule has 0 unspecified atom stereocenters. The molecule has 0 amide bonds. The first-order valence-electron chi connectivity index (χ1n) is 5.67. The van der Waals surface area contributed by atoms with Gasteiger partial charge < -0.3 is 10.4 Å². The highest BCUT2D eigenvalue weighted by Gasteiger charge is 2.34. The zero-order valence-electron chi connectivity index (χ0n) is 10.8. The second-order valence-electron chi connectivity index (χ2n) is 4.81. The molecule has 0 heterocycles. The van der Waals surface area contributed by atoms with Gasteiger partial charge in [0.2, 0.25) is 0 Å². The lowest BCUT2D eigenvalue weighted by atomic mass is 9.91. The van der Waals surface area contributed by atoms with Gasteiger partial charge in [0.05, 0.1) is 5.54 Å². The van der Waals surface area contributed by atoms with Gasteiger partial charge in [-0.25, -0.2) is 0 Å². The van der Waals surface area contributed by atoms with Crippen LogP contribution in [0.4, 0.5) is 0 Å². The van der Waals surface area contributed by atoms with Crippen LogP contribution in [-0.2, 0) is 0 Å². The van der Waals surface area contributed by atoms with Crippen molar-refractivity contribution < 1.29 is 10.4 Å². The zero-order chi connectivity index (χ0) is 13.1. The maximum atomic E-state index is 10.1. The van der Waals surface area contributed by atoms with Crippen molar-refractivity contribution in [3.63, 3.8) is 0 Å². The van der Waals surface area contributed by atoms with Gasteiger partial charge in [-0.05, 0) is 27.7 Å². The van der Waals surface area contributed by atoms with Crippen molar-refractivity contribution in [3.8, 4) is 0 Å². The van der Waals surface area contributed by atoms with Crippen LogP contribution in [0, 0.1) is 0 Å². The van der Waals surface area contributed by atoms with E-state index in [-0.39, 0.29) is 6.04 Å². The third-order valence-electron chi connectivity index (χ3n) is 2.79. The quantitative estimate of drug-likeness (QED) is 0.480. The van der Waals surface area contributed by atoms with Crippen molar-refractivity contribution in [2.75, 3.05) is 0 Å². The summed E-state index contributed by atoms with van der Waals surface area (Å²) >= 11 is 0. The number of hydroxylamine groups is 2. The highest BCUT2D eigenvalue weighted by Crippen LogP contribution is 2.21. The molecule has 0 atom stereocenters. The first kappa shape index (κ1) is 13.7. The Bertz CT molecular complexity index is 386. The molecule has 17 heavy (non-hydrogen) atoms. The Morgan fingerprint density at radius 2 is 1.76 bits per heavy atom. The largest absolute Gasteiger partial charge is 0.411 e. The average molecular weight is 236 g/mol. The van der Waals surface area contributed by atoms with Crippen molar-refractivity contribution in [3.05, 3.63) is 35.9 Å². The smallest absolute Gasteiger partial charge is 0.109 e. The molecule has 0 saturated heterocycles. The van der Waals surface area contributed by atoms with E-state index in [1.807, 2.05) is 58.0 Å². The second-order valence-corrected chi connectivity index (χ2v) is 4.81. The molecule has 0 fully saturated rings. The maximum absolute atomic E-state index is 10.1. The van der Waals surface area contributed by atoms with E-state index >= 15 is 0 Å². The van der Waals surface area contributed by atoms with Crippen molar-refractivity contribution >= 4 is 5.71 Å². The fourth-order valence-electron chi connectivity index (χ4n) is 1.88. The van der Waals surface area contributed by atoms with E-state index in [1.165, 1.54) is 5.06 Å². The normalized spacial score (nSPS) is 13.5. The Labute approximate surface area is 102 Å². The average Bonchev–Trinajstić information content (AvgIpc) is 2.29. The molecule has 0 spiro atoms. The topological polar surface area (TPSA) is 56.1 Å². The van der Waals surface area contributed by atoms with Crippen LogP contribution in [0.15, 0.2) is 35.5 Å². The summed E-state index contributed by atoms with van der Waals surface area (Å²) < 4.78 is 0. The monoisotopic (exact) mass is 236 g/mol. The molecule has 4 heteroatoms. The van der Waals surface area contributed by atoms with Gasteiger partial charge in [0.25, 0.3) is 0 Å². The lowest BCUT2D eigenvalue weighted by molar-refractivity contribution is -0.161. The molecule has 94 valence electrons. The van der Waals surface area contributed by atoms with E-state index in [2.05, 4.69) is 5.16 Å². The first-order valence-corrected chi connectivity index (χ1v) is 5.67. The second kappa shape index (κ2) is 5.29. The van der Waals surface area contributed by atoms with Crippen LogP contribution in [0.5, 0.6) is 0 Å². The lowest BCUT2D eigenvalue weighted by Gasteiger charge is -2.36. The summed E-state index contributed by atoms with van der Waals surface area (Å²) in [6, 6.07) is 9.27. The molecule has 0 radical (unpaired) electrons. The number of nitrogens with zero attached hydrogens (tertiary/aromatic N) is 2. The van der Waals surface area contributed by atoms with Crippen LogP contribution >= 0.6 is 0 Å². The third-order valence-corrected chi connectivity index (χ3v) is 2.79. The maximum Gasteiger partial charge on any atom is 0.109 e. The molecule has 1 rings (SSSR count). The molecule has 0 aromatic heterocycles. The van der Waals surface area contributed by atoms with Crippen molar-refractivity contribution in [2.24, 2.45) is 5.16 Å². The van der Waals surface area contributed by atoms with Gasteiger partial charge in [-0.1, -0.05) is 35.5 Å². The van der Waals surface area contributed by atoms with Gasteiger partial charge in [0, 0.05) is 11.6 Å². The van der Waals surface area contributed by atoms with E-state index in [9.17, 15) is 10.4 Å². The van der Waals surface area contributed by atoms with Gasteiger partial charge in [-0.3, -0.25) is 0 Å². The van der Waals surface area contributed by atoms with Crippen LogP contribution in [0.3, 0.4) is 0 Å². The molecule has 1 aromatic carbocycles. The number of oxime groups is 1. The highest BCUT2D eigenvalue weighted by atomic mass is 16.5. The fraction of sp³-hybridized carbons (Fsp3) is 0.462. The molecule has 2 N–H and O–H groups in total. The van der Waals surface area contributed by atoms with E-state index in [4.69, 9.17) is 0 Å². The van der Waals surface area contributed by atoms with Crippen molar-refractivity contribution in [1.29, 1.82) is 0 Å². The van der Waals surface area contributed by atoms with Gasteiger partial charge >= 0.3 is 0 Å². The molecule has 0 bridgehead atoms. The Balaban J connectivity index is 3.12. The Hall–Kier alpha value is -1.39. The van der Waals surface area contributed by atoms with E-state index in [1.54, 1.807) is 0 Å². The van der Waals surface area contributed by atoms with E-state index in [0.29, 0.717) is 5.71 Å². The standard InChI is InChI=1S/C13H20N2O2/c1-10(2)15(17)13(3,4)12(14-16)11-8-6-5-7-9-11/h5-10,16-17H,1-4H3/b14-12-. The summed E-state index contributed by atoms with van der Waals surface area (Å²) in [4.78, 5) is 0. The van der Waals surface area contributed by atoms with Crippen LogP contribution in [0.2, 0.25) is 0 Å². The Morgan fingerprint density at radius 1 is 1.24 bits per heavy atom. The fourth-order valence-corrected chi connectivity index (χ4v) is 1.88. The molecule has 0 aliphatic rings. The summed E-state index contributed by atoms with van der Waals surface area (Å²) in [6.45, 7) is 7.38. The van der Waals surface area contributed by atoms with Crippen LogP contribution in [0.25, 0.3) is 0 Å². The first-order chi connectivity index (χ1) is 7.91. The molecular formula is C13H20N2O2. The van der Waals surface area contributed by atoms with Gasteiger partial charge in [0.15, 0.2) is 0 Å². The number of hydrogen-bond donors (Lipinski definition) is 2. The minimum Gasteiger partial charge on any atom is -0.411 e. The summed E-state index contributed by atoms with van der Waals surface area (Å²) in [6.07, 6.45) is 0. The molecule has 0 aliphatic carbocycles. The van der Waals surface area contributed by atoms with Gasteiger partial charge in [-0.2, -0.15) is 5.06 Å². The van der Waals surface area contributed by atoms with Crippen LogP contribution < -0.4 is 0 Å². The number of hydrogen-bond acceptors (Lipinski definition) is 4. The molecule has 4 nitrogen and oxygen atoms in total. The lowest BCUT2D eigenvalue weighted by Crippen LogP contribution is -2.51. The highest BCUT2D eigenvalue weighted by molar-refractivity contribution is 6.06. The van der Waals surface area contributed by atoms with Crippen LogP contribution in [-0.4, -0.2) is 32.8 Å². The number of benzene rings is 1. The van der Waals surface area contributed by atoms with Crippen molar-refractivity contribution in [2.45, 2.75) is 39.3 Å². The predicted molar refractivity (Wildman–Crippen MR) is 67.6 cm³/mol. The SMILES string of the molecule is CC(C)N(O)C(C)(C)/C(=N\O)c1ccccc1. The molecule has 1 aromatic rings. The minimum atomic E-state index is -0.760. The third kappa shape index (κ3) is 2.84. The summed E-state index contributed by atoms with van der Waals surface area (Å²) in [7, 11) is 0. The predicted octanol–water partition coefficient (Wildman–Crippen LogP) is 2.74. The van der Waals surface area contributed by atoms with E-state index in [0.717, 1.165) is 5.56 Å². The molecule has 0 aliphatic heterocycles. The van der Waals surface area contributed by atoms with Gasteiger partial charge in [-0.15, -0.1) is 0 Å². The molecular weight excluding hydrogens is 216 g/mol. The van der Waals surface area contributed by atoms with Crippen LogP contribution in [0.1, 0.15) is 33.3 Å². The van der Waals surface area contributed by atoms with Crippen molar-refractivity contribution in [1.82, 2.24) is 5.06 Å². The summed E-state index contributed by atoms with van der Waals surface area (Å²) in [5, 5.41) is 23.8. The van der Waals surface area contributed by atoms with E-state index < -0.39 is 5.54 Å². The summed E-state index contributed by atoms with van der Waals surface area (Å²) in [5.41, 5.74) is 0.471. The minimum absolute atomic E-state index is 0.0644. The zero-order valence-corrected chi connectivity index (χ0v) is 10.8. The van der Waals surface area contributed by atoms with Gasteiger partial charge in [0.1, 0.15) is 5.71 Å². The Morgan fingerprint density at radius 3 is 2.18 bits per heavy atom. The Kier molecular flexibility index (Phi) is 4.26. The summed E-state index contributed by atoms with van der Waals surface area (Å²) in [5.74, 6) is 0. The number of rotatable bonds is 4. The molecule has 0 saturated carbocycles.